The van der Waals surface area contributed by atoms with Crippen LogP contribution in [0.15, 0.2) is 36.4 Å². The molecule has 0 unspecified atom stereocenters. The van der Waals surface area contributed by atoms with Gasteiger partial charge in [0.2, 0.25) is 0 Å². The van der Waals surface area contributed by atoms with E-state index >= 15 is 0 Å². The summed E-state index contributed by atoms with van der Waals surface area (Å²) >= 11 is 5.88. The lowest BCUT2D eigenvalue weighted by atomic mass is 10.1. The molecule has 0 amide bonds. The van der Waals surface area contributed by atoms with Gasteiger partial charge in [0.15, 0.2) is 0 Å². The fraction of sp³-hybridized carbons (Fsp3) is 0.143. The van der Waals surface area contributed by atoms with E-state index in [-0.39, 0.29) is 18.0 Å². The van der Waals surface area contributed by atoms with E-state index in [0.29, 0.717) is 16.3 Å². The summed E-state index contributed by atoms with van der Waals surface area (Å²) in [5.41, 5.74) is 4.00. The predicted molar refractivity (Wildman–Crippen MR) is 81.4 cm³/mol. The molecular formula is C14H14ClN3O3. The molecule has 2 aromatic rings. The Bertz CT molecular complexity index is 677. The van der Waals surface area contributed by atoms with Crippen molar-refractivity contribution in [3.63, 3.8) is 0 Å². The molecule has 21 heavy (non-hydrogen) atoms. The Morgan fingerprint density at radius 2 is 2.14 bits per heavy atom. The second-order valence-electron chi connectivity index (χ2n) is 4.41. The average molecular weight is 308 g/mol. The minimum absolute atomic E-state index is 0.0913. The predicted octanol–water partition coefficient (Wildman–Crippen LogP) is 3.42. The molecule has 0 aliphatic rings. The first kappa shape index (κ1) is 15.1. The highest BCUT2D eigenvalue weighted by Crippen LogP contribution is 2.29. The van der Waals surface area contributed by atoms with Crippen LogP contribution in [0.1, 0.15) is 11.1 Å². The number of nitrogens with one attached hydrogen (secondary N) is 1. The number of anilines is 1. The van der Waals surface area contributed by atoms with Crippen molar-refractivity contribution >= 4 is 23.0 Å². The summed E-state index contributed by atoms with van der Waals surface area (Å²) in [6, 6.07) is 9.95. The summed E-state index contributed by atoms with van der Waals surface area (Å²) in [6.07, 6.45) is 0. The molecule has 0 aliphatic heterocycles. The number of nitrogens with two attached hydrogens (primary N) is 1. The molecule has 0 atom stereocenters. The van der Waals surface area contributed by atoms with Gasteiger partial charge in [0.05, 0.1) is 4.92 Å². The van der Waals surface area contributed by atoms with Crippen molar-refractivity contribution in [1.29, 1.82) is 0 Å². The largest absolute Gasteiger partial charge is 0.489 e. The van der Waals surface area contributed by atoms with Gasteiger partial charge in [0.25, 0.3) is 5.69 Å². The van der Waals surface area contributed by atoms with E-state index < -0.39 is 4.92 Å². The molecule has 0 bridgehead atoms. The van der Waals surface area contributed by atoms with Crippen LogP contribution in [0.25, 0.3) is 0 Å². The zero-order valence-electron chi connectivity index (χ0n) is 11.3. The summed E-state index contributed by atoms with van der Waals surface area (Å²) in [6.45, 7) is 2.03. The van der Waals surface area contributed by atoms with Crippen LogP contribution in [0, 0.1) is 17.0 Å². The smallest absolute Gasteiger partial charge is 0.294 e. The molecule has 0 saturated heterocycles. The van der Waals surface area contributed by atoms with Crippen LogP contribution >= 0.6 is 11.6 Å². The van der Waals surface area contributed by atoms with Gasteiger partial charge in [-0.05, 0) is 30.7 Å². The maximum absolute atomic E-state index is 11.0. The fourth-order valence-electron chi connectivity index (χ4n) is 1.96. The van der Waals surface area contributed by atoms with Crippen LogP contribution in [0.5, 0.6) is 5.75 Å². The topological polar surface area (TPSA) is 90.4 Å². The Morgan fingerprint density at radius 1 is 1.38 bits per heavy atom. The third-order valence-electron chi connectivity index (χ3n) is 2.99. The van der Waals surface area contributed by atoms with Crippen LogP contribution < -0.4 is 16.0 Å². The summed E-state index contributed by atoms with van der Waals surface area (Å²) in [5.74, 6) is 6.04. The number of halogens is 1. The third kappa shape index (κ3) is 3.42. The van der Waals surface area contributed by atoms with Gasteiger partial charge in [0.1, 0.15) is 18.0 Å². The number of hydrogen-bond donors (Lipinski definition) is 2. The molecule has 0 heterocycles. The van der Waals surface area contributed by atoms with Gasteiger partial charge in [-0.25, -0.2) is 0 Å². The van der Waals surface area contributed by atoms with Crippen LogP contribution in [-0.4, -0.2) is 4.92 Å². The molecule has 2 aromatic carbocycles. The molecule has 0 radical (unpaired) electrons. The Labute approximate surface area is 126 Å². The highest BCUT2D eigenvalue weighted by Gasteiger charge is 2.16. The van der Waals surface area contributed by atoms with Crippen LogP contribution in [0.2, 0.25) is 5.02 Å². The van der Waals surface area contributed by atoms with Gasteiger partial charge >= 0.3 is 0 Å². The number of nitro groups is 1. The van der Waals surface area contributed by atoms with Crippen molar-refractivity contribution in [2.24, 2.45) is 5.84 Å². The highest BCUT2D eigenvalue weighted by atomic mass is 35.5. The highest BCUT2D eigenvalue weighted by molar-refractivity contribution is 6.30. The van der Waals surface area contributed by atoms with E-state index in [0.717, 1.165) is 5.56 Å². The molecule has 3 N–H and O–H groups in total. The monoisotopic (exact) mass is 307 g/mol. The first-order chi connectivity index (χ1) is 10.0. The van der Waals surface area contributed by atoms with E-state index in [9.17, 15) is 10.1 Å². The molecule has 0 aliphatic carbocycles. The Morgan fingerprint density at radius 3 is 2.76 bits per heavy atom. The van der Waals surface area contributed by atoms with E-state index in [1.54, 1.807) is 30.3 Å². The Kier molecular flexibility index (Phi) is 4.62. The molecule has 0 fully saturated rings. The zero-order chi connectivity index (χ0) is 15.4. The van der Waals surface area contributed by atoms with Gasteiger partial charge in [-0.3, -0.25) is 16.0 Å². The minimum Gasteiger partial charge on any atom is -0.489 e. The lowest BCUT2D eigenvalue weighted by Crippen LogP contribution is -2.12. The lowest BCUT2D eigenvalue weighted by Gasteiger charge is -2.12. The second kappa shape index (κ2) is 6.43. The Hall–Kier alpha value is -2.31. The first-order valence-electron chi connectivity index (χ1n) is 6.14. The fourth-order valence-corrected chi connectivity index (χ4v) is 2.18. The summed E-state index contributed by atoms with van der Waals surface area (Å²) in [7, 11) is 0. The van der Waals surface area contributed by atoms with E-state index in [1.165, 1.54) is 6.07 Å². The number of hydrogen-bond acceptors (Lipinski definition) is 5. The summed E-state index contributed by atoms with van der Waals surface area (Å²) < 4.78 is 5.68. The standard InChI is InChI=1S/C14H14ClN3O3/c1-9-7-11(15)5-6-13(9)21-8-10-3-2-4-12(18(19)20)14(10)17-16/h2-7,17H,8,16H2,1H3. The molecule has 0 saturated carbocycles. The SMILES string of the molecule is Cc1cc(Cl)ccc1OCc1cccc([N+](=O)[O-])c1NN. The van der Waals surface area contributed by atoms with Crippen molar-refractivity contribution in [2.75, 3.05) is 5.43 Å². The minimum atomic E-state index is -0.494. The number of aryl methyl sites for hydroxylation is 1. The molecule has 110 valence electrons. The van der Waals surface area contributed by atoms with Crippen LogP contribution in [0.4, 0.5) is 11.4 Å². The lowest BCUT2D eigenvalue weighted by molar-refractivity contribution is -0.384. The molecule has 6 nitrogen and oxygen atoms in total. The first-order valence-corrected chi connectivity index (χ1v) is 6.52. The quantitative estimate of drug-likeness (QED) is 0.502. The number of rotatable bonds is 5. The number of para-hydroxylation sites is 1. The van der Waals surface area contributed by atoms with Crippen LogP contribution in [-0.2, 0) is 6.61 Å². The maximum atomic E-state index is 11.0. The van der Waals surface area contributed by atoms with Gasteiger partial charge in [-0.2, -0.15) is 0 Å². The maximum Gasteiger partial charge on any atom is 0.294 e. The van der Waals surface area contributed by atoms with Crippen LogP contribution in [0.3, 0.4) is 0 Å². The van der Waals surface area contributed by atoms with Gasteiger partial charge in [-0.1, -0.05) is 23.7 Å². The second-order valence-corrected chi connectivity index (χ2v) is 4.85. The third-order valence-corrected chi connectivity index (χ3v) is 3.23. The number of nitrogen functional groups attached to an aromatic ring is 1. The van der Waals surface area contributed by atoms with E-state index in [2.05, 4.69) is 5.43 Å². The summed E-state index contributed by atoms with van der Waals surface area (Å²) in [4.78, 5) is 10.5. The van der Waals surface area contributed by atoms with Crippen molar-refractivity contribution in [2.45, 2.75) is 13.5 Å². The van der Waals surface area contributed by atoms with Crippen molar-refractivity contribution in [1.82, 2.24) is 0 Å². The molecule has 0 aromatic heterocycles. The molecule has 2 rings (SSSR count). The zero-order valence-corrected chi connectivity index (χ0v) is 12.1. The van der Waals surface area contributed by atoms with Crippen molar-refractivity contribution in [3.05, 3.63) is 62.7 Å². The molecular weight excluding hydrogens is 294 g/mol. The molecule has 7 heteroatoms. The normalized spacial score (nSPS) is 10.2. The van der Waals surface area contributed by atoms with Gasteiger partial charge in [-0.15, -0.1) is 0 Å². The molecule has 0 spiro atoms. The Balaban J connectivity index is 2.24. The number of nitro benzene ring substituents is 1. The van der Waals surface area contributed by atoms with Gasteiger partial charge < -0.3 is 10.2 Å². The number of ether oxygens (including phenoxy) is 1. The van der Waals surface area contributed by atoms with E-state index in [4.69, 9.17) is 22.2 Å². The van der Waals surface area contributed by atoms with Crippen molar-refractivity contribution in [3.8, 4) is 5.75 Å². The van der Waals surface area contributed by atoms with Crippen molar-refractivity contribution < 1.29 is 9.66 Å². The average Bonchev–Trinajstić information content (AvgIpc) is 2.45. The summed E-state index contributed by atoms with van der Waals surface area (Å²) in [5, 5.41) is 11.6. The number of hydrazine groups is 1. The van der Waals surface area contributed by atoms with Gasteiger partial charge in [0, 0.05) is 16.7 Å². The number of benzene rings is 2. The number of nitrogens with zero attached hydrogens (tertiary/aromatic N) is 1. The van der Waals surface area contributed by atoms with E-state index in [1.807, 2.05) is 6.92 Å².